The van der Waals surface area contributed by atoms with Gasteiger partial charge in [-0.05, 0) is 118 Å². The highest BCUT2D eigenvalue weighted by molar-refractivity contribution is 7.95. The van der Waals surface area contributed by atoms with Gasteiger partial charge in [0.1, 0.15) is 10.7 Å². The van der Waals surface area contributed by atoms with Crippen molar-refractivity contribution in [2.75, 3.05) is 7.11 Å². The normalized spacial score (nSPS) is 11.7. The molecule has 0 radical (unpaired) electrons. The van der Waals surface area contributed by atoms with Crippen molar-refractivity contribution in [1.29, 1.82) is 0 Å². The number of fused-ring (bicyclic) bond motifs is 2. The Kier molecular flexibility index (Phi) is 7.95. The average Bonchev–Trinajstić information content (AvgIpc) is 3.53. The van der Waals surface area contributed by atoms with Crippen molar-refractivity contribution in [3.05, 3.63) is 167 Å². The summed E-state index contributed by atoms with van der Waals surface area (Å²) in [6.07, 6.45) is 1.67. The smallest absolute Gasteiger partial charge is 0.214 e. The third-order valence-corrected chi connectivity index (χ3v) is 9.95. The Hall–Kier alpha value is -5.83. The largest absolute Gasteiger partial charge is 0.497 e. The minimum atomic E-state index is -3.93. The number of rotatable bonds is 6. The molecule has 0 amide bonds. The molecule has 6 aromatic carbocycles. The molecule has 7 aromatic rings. The molecule has 4 nitrogen and oxygen atoms in total. The second kappa shape index (κ2) is 12.5. The van der Waals surface area contributed by atoms with Crippen LogP contribution >= 0.6 is 0 Å². The molecule has 228 valence electrons. The van der Waals surface area contributed by atoms with Crippen molar-refractivity contribution in [2.24, 2.45) is 0 Å². The van der Waals surface area contributed by atoms with Gasteiger partial charge in [-0.3, -0.25) is 0 Å². The van der Waals surface area contributed by atoms with Crippen molar-refractivity contribution in [2.45, 2.75) is 11.8 Å². The van der Waals surface area contributed by atoms with Gasteiger partial charge in [-0.2, -0.15) is 0 Å². The van der Waals surface area contributed by atoms with E-state index in [0.29, 0.717) is 5.69 Å². The van der Waals surface area contributed by atoms with E-state index in [4.69, 9.17) is 4.74 Å². The number of aromatic nitrogens is 1. The third-order valence-electron chi connectivity index (χ3n) is 8.26. The lowest BCUT2D eigenvalue weighted by molar-refractivity contribution is 0.415. The maximum atomic E-state index is 14.1. The van der Waals surface area contributed by atoms with Crippen LogP contribution in [0.3, 0.4) is 0 Å². The Labute approximate surface area is 275 Å². The molecule has 47 heavy (non-hydrogen) atoms. The predicted octanol–water partition coefficient (Wildman–Crippen LogP) is 9.63. The molecule has 0 spiro atoms. The lowest BCUT2D eigenvalue weighted by Gasteiger charge is -2.13. The summed E-state index contributed by atoms with van der Waals surface area (Å²) >= 11 is 0. The first kappa shape index (κ1) is 29.9. The van der Waals surface area contributed by atoms with Crippen LogP contribution in [-0.2, 0) is 9.84 Å². The maximum Gasteiger partial charge on any atom is 0.214 e. The summed E-state index contributed by atoms with van der Waals surface area (Å²) in [4.78, 5) is 0.221. The third kappa shape index (κ3) is 6.07. The van der Waals surface area contributed by atoms with Crippen LogP contribution in [0, 0.1) is 18.8 Å². The van der Waals surface area contributed by atoms with E-state index in [1.165, 1.54) is 0 Å². The Balaban J connectivity index is 1.40. The zero-order valence-corrected chi connectivity index (χ0v) is 26.8. The van der Waals surface area contributed by atoms with Crippen LogP contribution in [0.5, 0.6) is 5.75 Å². The molecule has 0 aliphatic rings. The summed E-state index contributed by atoms with van der Waals surface area (Å²) in [5, 5.41) is 4.39. The fourth-order valence-corrected chi connectivity index (χ4v) is 6.94. The van der Waals surface area contributed by atoms with Crippen molar-refractivity contribution in [3.63, 3.8) is 0 Å². The molecule has 0 atom stereocenters. The van der Waals surface area contributed by atoms with Gasteiger partial charge < -0.3 is 9.30 Å². The van der Waals surface area contributed by atoms with Gasteiger partial charge in [0, 0.05) is 5.69 Å². The zero-order chi connectivity index (χ0) is 32.4. The number of ether oxygens (including phenoxy) is 1. The maximum absolute atomic E-state index is 14.1. The predicted molar refractivity (Wildman–Crippen MR) is 192 cm³/mol. The first-order valence-electron chi connectivity index (χ1n) is 15.3. The van der Waals surface area contributed by atoms with Crippen LogP contribution in [0.25, 0.3) is 44.6 Å². The van der Waals surface area contributed by atoms with E-state index in [9.17, 15) is 8.42 Å². The first-order valence-corrected chi connectivity index (χ1v) is 16.8. The van der Waals surface area contributed by atoms with Crippen LogP contribution in [0.1, 0.15) is 16.8 Å². The molecule has 0 saturated heterocycles. The summed E-state index contributed by atoms with van der Waals surface area (Å²) in [7, 11) is -2.30. The number of nitrogens with zero attached hydrogens (tertiary/aromatic N) is 1. The molecular formula is C42H31NO3S. The number of benzene rings is 6. The number of sulfone groups is 1. The van der Waals surface area contributed by atoms with Gasteiger partial charge in [0.05, 0.1) is 23.4 Å². The van der Waals surface area contributed by atoms with E-state index in [1.54, 1.807) is 37.5 Å². The molecule has 0 N–H and O–H groups in total. The molecule has 0 bridgehead atoms. The fourth-order valence-electron chi connectivity index (χ4n) is 5.72. The standard InChI is InChI=1S/C42H31NO3S/c1-30-11-23-40(24-12-30)47(44,45)41(28-31-13-14-32-7-3-5-9-34(32)27-31)25-19-38-20-26-42(43(38)37-17-21-39(46-2)22-18-37)36-16-15-33-8-4-6-10-35(33)29-36/h3-18,20-24,26-29H,1-2H3/b41-28-. The molecule has 5 heteroatoms. The molecular weight excluding hydrogens is 599 g/mol. The van der Waals surface area contributed by atoms with Gasteiger partial charge >= 0.3 is 0 Å². The van der Waals surface area contributed by atoms with Crippen LogP contribution < -0.4 is 4.74 Å². The summed E-state index contributed by atoms with van der Waals surface area (Å²) in [6, 6.07) is 47.2. The van der Waals surface area contributed by atoms with Crippen LogP contribution in [0.15, 0.2) is 155 Å². The lowest BCUT2D eigenvalue weighted by Crippen LogP contribution is -2.04. The number of aryl methyl sites for hydroxylation is 1. The van der Waals surface area contributed by atoms with Crippen LogP contribution in [-0.4, -0.2) is 20.1 Å². The Bertz CT molecular complexity index is 2460. The topological polar surface area (TPSA) is 48.3 Å². The summed E-state index contributed by atoms with van der Waals surface area (Å²) < 4.78 is 35.7. The van der Waals surface area contributed by atoms with E-state index in [1.807, 2.05) is 97.9 Å². The van der Waals surface area contributed by atoms with Crippen molar-refractivity contribution in [3.8, 4) is 34.5 Å². The summed E-state index contributed by atoms with van der Waals surface area (Å²) in [5.41, 5.74) is 5.23. The fraction of sp³-hybridized carbons (Fsp3) is 0.0476. The minimum absolute atomic E-state index is 0.0198. The molecule has 0 aliphatic heterocycles. The summed E-state index contributed by atoms with van der Waals surface area (Å²) in [5.74, 6) is 7.08. The van der Waals surface area contributed by atoms with E-state index in [-0.39, 0.29) is 9.80 Å². The van der Waals surface area contributed by atoms with Gasteiger partial charge in [-0.1, -0.05) is 90.5 Å². The molecule has 1 heterocycles. The van der Waals surface area contributed by atoms with Gasteiger partial charge in [-0.15, -0.1) is 0 Å². The highest BCUT2D eigenvalue weighted by atomic mass is 32.2. The van der Waals surface area contributed by atoms with Crippen LogP contribution in [0.4, 0.5) is 0 Å². The zero-order valence-electron chi connectivity index (χ0n) is 26.0. The van der Waals surface area contributed by atoms with Crippen molar-refractivity contribution >= 4 is 37.5 Å². The van der Waals surface area contributed by atoms with E-state index < -0.39 is 9.84 Å². The SMILES string of the molecule is COc1ccc(-n2c(C#C/C(=C/c3ccc4ccccc4c3)S(=O)(=O)c3ccc(C)cc3)ccc2-c2ccc3ccccc3c2)cc1. The Morgan fingerprint density at radius 1 is 0.681 bits per heavy atom. The molecule has 0 unspecified atom stereocenters. The van der Waals surface area contributed by atoms with Crippen LogP contribution in [0.2, 0.25) is 0 Å². The molecule has 7 rings (SSSR count). The average molecular weight is 630 g/mol. The minimum Gasteiger partial charge on any atom is -0.497 e. The second-order valence-corrected chi connectivity index (χ2v) is 13.3. The van der Waals surface area contributed by atoms with Crippen molar-refractivity contribution < 1.29 is 13.2 Å². The van der Waals surface area contributed by atoms with Gasteiger partial charge in [-0.25, -0.2) is 8.42 Å². The number of methoxy groups -OCH3 is 1. The molecule has 0 aliphatic carbocycles. The van der Waals surface area contributed by atoms with Crippen molar-refractivity contribution in [1.82, 2.24) is 4.57 Å². The molecule has 0 saturated carbocycles. The first-order chi connectivity index (χ1) is 22.9. The molecule has 0 fully saturated rings. The second-order valence-electron chi connectivity index (χ2n) is 11.4. The van der Waals surface area contributed by atoms with E-state index in [0.717, 1.165) is 55.4 Å². The molecule has 1 aromatic heterocycles. The Morgan fingerprint density at radius 2 is 1.32 bits per heavy atom. The number of hydrogen-bond donors (Lipinski definition) is 0. The van der Waals surface area contributed by atoms with Gasteiger partial charge in [0.2, 0.25) is 9.84 Å². The highest BCUT2D eigenvalue weighted by Gasteiger charge is 2.20. The Morgan fingerprint density at radius 3 is 2.00 bits per heavy atom. The van der Waals surface area contributed by atoms with Gasteiger partial charge in [0.25, 0.3) is 0 Å². The number of hydrogen-bond acceptors (Lipinski definition) is 3. The lowest BCUT2D eigenvalue weighted by atomic mass is 10.1. The van der Waals surface area contributed by atoms with E-state index in [2.05, 4.69) is 46.7 Å². The summed E-state index contributed by atoms with van der Waals surface area (Å²) in [6.45, 7) is 1.93. The van der Waals surface area contributed by atoms with Gasteiger partial charge in [0.15, 0.2) is 0 Å². The highest BCUT2D eigenvalue weighted by Crippen LogP contribution is 2.31. The monoisotopic (exact) mass is 629 g/mol. The van der Waals surface area contributed by atoms with E-state index >= 15 is 0 Å². The quantitative estimate of drug-likeness (QED) is 0.172. The number of allylic oxidation sites excluding steroid dienone is 1.